The third kappa shape index (κ3) is 2.35. The van der Waals surface area contributed by atoms with Crippen molar-refractivity contribution in [1.29, 1.82) is 0 Å². The average molecular weight is 251 g/mol. The predicted molar refractivity (Wildman–Crippen MR) is 71.9 cm³/mol. The molecule has 5 heteroatoms. The molecule has 0 saturated heterocycles. The van der Waals surface area contributed by atoms with Gasteiger partial charge in [0.05, 0.1) is 11.4 Å². The molecule has 0 amide bonds. The molecule has 0 aliphatic rings. The van der Waals surface area contributed by atoms with E-state index in [1.807, 2.05) is 38.1 Å². The van der Waals surface area contributed by atoms with Crippen molar-refractivity contribution in [3.05, 3.63) is 54.2 Å². The molecule has 0 aliphatic heterocycles. The summed E-state index contributed by atoms with van der Waals surface area (Å²) in [6, 6.07) is 7.97. The summed E-state index contributed by atoms with van der Waals surface area (Å²) in [5.41, 5.74) is 3.98. The monoisotopic (exact) mass is 251 g/mol. The van der Waals surface area contributed by atoms with Gasteiger partial charge < -0.3 is 0 Å². The zero-order chi connectivity index (χ0) is 13.2. The highest BCUT2D eigenvalue weighted by Gasteiger charge is 2.06. The lowest BCUT2D eigenvalue weighted by molar-refractivity contribution is 0.844. The van der Waals surface area contributed by atoms with Gasteiger partial charge >= 0.3 is 0 Å². The quantitative estimate of drug-likeness (QED) is 0.701. The van der Waals surface area contributed by atoms with Gasteiger partial charge in [0.2, 0.25) is 0 Å². The third-order valence-corrected chi connectivity index (χ3v) is 2.79. The van der Waals surface area contributed by atoms with E-state index in [0.717, 1.165) is 28.3 Å². The molecule has 0 saturated carbocycles. The molecule has 0 N–H and O–H groups in total. The maximum absolute atomic E-state index is 4.59. The summed E-state index contributed by atoms with van der Waals surface area (Å²) in [6.45, 7) is 4.07. The fourth-order valence-electron chi connectivity index (χ4n) is 1.90. The van der Waals surface area contributed by atoms with E-state index >= 15 is 0 Å². The molecule has 0 fully saturated rings. The molecule has 3 aromatic rings. The largest absolute Gasteiger partial charge is 0.255 e. The fraction of sp³-hybridized carbons (Fsp3) is 0.143. The van der Waals surface area contributed by atoms with Gasteiger partial charge in [-0.1, -0.05) is 0 Å². The van der Waals surface area contributed by atoms with Gasteiger partial charge in [0.1, 0.15) is 12.7 Å². The van der Waals surface area contributed by atoms with Gasteiger partial charge in [0.15, 0.2) is 5.82 Å². The van der Waals surface area contributed by atoms with Crippen molar-refractivity contribution in [2.75, 3.05) is 0 Å². The highest BCUT2D eigenvalue weighted by molar-refractivity contribution is 5.57. The summed E-state index contributed by atoms with van der Waals surface area (Å²) in [7, 11) is 0. The smallest absolute Gasteiger partial charge is 0.156 e. The van der Waals surface area contributed by atoms with Crippen LogP contribution in [-0.4, -0.2) is 24.7 Å². The molecule has 0 aromatic carbocycles. The number of nitrogens with zero attached hydrogens (tertiary/aromatic N) is 5. The second kappa shape index (κ2) is 4.61. The fourth-order valence-corrected chi connectivity index (χ4v) is 1.90. The minimum absolute atomic E-state index is 0.746. The van der Waals surface area contributed by atoms with Crippen LogP contribution in [0.3, 0.4) is 0 Å². The van der Waals surface area contributed by atoms with Crippen LogP contribution in [0.25, 0.3) is 17.2 Å². The number of hydrogen-bond donors (Lipinski definition) is 0. The number of pyridine rings is 2. The van der Waals surface area contributed by atoms with E-state index in [9.17, 15) is 0 Å². The molecular formula is C14H13N5. The lowest BCUT2D eigenvalue weighted by Gasteiger charge is -2.06. The lowest BCUT2D eigenvalue weighted by atomic mass is 10.1. The minimum atomic E-state index is 0.746. The molecule has 3 heterocycles. The molecule has 3 rings (SSSR count). The van der Waals surface area contributed by atoms with Gasteiger partial charge in [-0.2, -0.15) is 5.10 Å². The summed E-state index contributed by atoms with van der Waals surface area (Å²) in [6.07, 6.45) is 4.92. The Morgan fingerprint density at radius 2 is 1.84 bits per heavy atom. The van der Waals surface area contributed by atoms with E-state index in [2.05, 4.69) is 20.1 Å². The van der Waals surface area contributed by atoms with Crippen LogP contribution < -0.4 is 0 Å². The van der Waals surface area contributed by atoms with Crippen molar-refractivity contribution in [1.82, 2.24) is 24.7 Å². The van der Waals surface area contributed by atoms with Crippen molar-refractivity contribution in [3.63, 3.8) is 0 Å². The second-order valence-electron chi connectivity index (χ2n) is 4.45. The second-order valence-corrected chi connectivity index (χ2v) is 4.45. The van der Waals surface area contributed by atoms with Crippen LogP contribution in [0.15, 0.2) is 43.1 Å². The Morgan fingerprint density at radius 1 is 1.00 bits per heavy atom. The van der Waals surface area contributed by atoms with Crippen LogP contribution in [0.1, 0.15) is 11.1 Å². The Balaban J connectivity index is 2.12. The number of hydrogen-bond acceptors (Lipinski definition) is 4. The first-order valence-electron chi connectivity index (χ1n) is 5.99. The summed E-state index contributed by atoms with van der Waals surface area (Å²) < 4.78 is 1.65. The molecule has 94 valence electrons. The normalized spacial score (nSPS) is 10.6. The summed E-state index contributed by atoms with van der Waals surface area (Å²) in [5.74, 6) is 0.746. The first kappa shape index (κ1) is 11.5. The van der Waals surface area contributed by atoms with Crippen LogP contribution in [0.2, 0.25) is 0 Å². The standard InChI is InChI=1S/C14H13N5/c1-10-3-4-16-12(5-10)13-6-11(2)7-14(18-13)19-9-15-8-17-19/h3-9H,1-2H3. The highest BCUT2D eigenvalue weighted by Crippen LogP contribution is 2.19. The zero-order valence-electron chi connectivity index (χ0n) is 10.8. The number of aryl methyl sites for hydroxylation is 2. The predicted octanol–water partition coefficient (Wildman–Crippen LogP) is 2.34. The Labute approximate surface area is 111 Å². The molecular weight excluding hydrogens is 238 g/mol. The van der Waals surface area contributed by atoms with E-state index in [-0.39, 0.29) is 0 Å². The van der Waals surface area contributed by atoms with Gasteiger partial charge in [-0.3, -0.25) is 4.98 Å². The van der Waals surface area contributed by atoms with Crippen molar-refractivity contribution in [3.8, 4) is 17.2 Å². The SMILES string of the molecule is Cc1ccnc(-c2cc(C)cc(-n3cncn3)n2)c1. The molecule has 0 radical (unpaired) electrons. The Hall–Kier alpha value is -2.56. The third-order valence-electron chi connectivity index (χ3n) is 2.79. The van der Waals surface area contributed by atoms with Crippen LogP contribution >= 0.6 is 0 Å². The first-order chi connectivity index (χ1) is 9.22. The molecule has 0 spiro atoms. The number of rotatable bonds is 2. The van der Waals surface area contributed by atoms with Gasteiger partial charge in [-0.15, -0.1) is 0 Å². The first-order valence-corrected chi connectivity index (χ1v) is 5.99. The van der Waals surface area contributed by atoms with E-state index in [1.54, 1.807) is 17.2 Å². The number of aromatic nitrogens is 5. The zero-order valence-corrected chi connectivity index (χ0v) is 10.8. The van der Waals surface area contributed by atoms with Gasteiger partial charge in [0, 0.05) is 6.20 Å². The van der Waals surface area contributed by atoms with Crippen molar-refractivity contribution in [2.24, 2.45) is 0 Å². The topological polar surface area (TPSA) is 56.5 Å². The van der Waals surface area contributed by atoms with E-state index in [4.69, 9.17) is 0 Å². The van der Waals surface area contributed by atoms with Crippen LogP contribution in [-0.2, 0) is 0 Å². The van der Waals surface area contributed by atoms with Crippen LogP contribution in [0.4, 0.5) is 0 Å². The van der Waals surface area contributed by atoms with Crippen LogP contribution in [0, 0.1) is 13.8 Å². The molecule has 0 aliphatic carbocycles. The maximum Gasteiger partial charge on any atom is 0.156 e. The summed E-state index contributed by atoms with van der Waals surface area (Å²) >= 11 is 0. The molecule has 19 heavy (non-hydrogen) atoms. The summed E-state index contributed by atoms with van der Waals surface area (Å²) in [5, 5.41) is 4.10. The molecule has 3 aromatic heterocycles. The molecule has 0 bridgehead atoms. The minimum Gasteiger partial charge on any atom is -0.255 e. The highest BCUT2D eigenvalue weighted by atomic mass is 15.3. The van der Waals surface area contributed by atoms with Crippen molar-refractivity contribution in [2.45, 2.75) is 13.8 Å². The van der Waals surface area contributed by atoms with E-state index in [0.29, 0.717) is 0 Å². The van der Waals surface area contributed by atoms with Crippen LogP contribution in [0.5, 0.6) is 0 Å². The average Bonchev–Trinajstić information content (AvgIpc) is 2.92. The Morgan fingerprint density at radius 3 is 2.58 bits per heavy atom. The molecule has 5 nitrogen and oxygen atoms in total. The van der Waals surface area contributed by atoms with Crippen molar-refractivity contribution >= 4 is 0 Å². The van der Waals surface area contributed by atoms with Crippen molar-refractivity contribution < 1.29 is 0 Å². The van der Waals surface area contributed by atoms with E-state index < -0.39 is 0 Å². The Bertz CT molecular complexity index is 704. The van der Waals surface area contributed by atoms with Gasteiger partial charge in [-0.05, 0) is 49.2 Å². The molecule has 0 atom stereocenters. The van der Waals surface area contributed by atoms with Gasteiger partial charge in [0.25, 0.3) is 0 Å². The Kier molecular flexibility index (Phi) is 2.79. The van der Waals surface area contributed by atoms with Gasteiger partial charge in [-0.25, -0.2) is 14.6 Å². The summed E-state index contributed by atoms with van der Waals surface area (Å²) in [4.78, 5) is 12.9. The molecule has 0 unspecified atom stereocenters. The lowest BCUT2D eigenvalue weighted by Crippen LogP contribution is -2.00. The maximum atomic E-state index is 4.59. The van der Waals surface area contributed by atoms with E-state index in [1.165, 1.54) is 6.33 Å².